The summed E-state index contributed by atoms with van der Waals surface area (Å²) in [5, 5.41) is 12.0. The number of amides is 1. The summed E-state index contributed by atoms with van der Waals surface area (Å²) in [6.07, 6.45) is 2.61. The van der Waals surface area contributed by atoms with Gasteiger partial charge in [-0.15, -0.1) is 0 Å². The molecule has 0 bridgehead atoms. The summed E-state index contributed by atoms with van der Waals surface area (Å²) in [7, 11) is 0. The zero-order valence-corrected chi connectivity index (χ0v) is 12.6. The maximum atomic E-state index is 12.4. The number of benzene rings is 1. The van der Waals surface area contributed by atoms with Crippen molar-refractivity contribution in [3.8, 4) is 0 Å². The molecule has 4 nitrogen and oxygen atoms in total. The number of carbonyl (C=O) groups excluding carboxylic acids is 1. The van der Waals surface area contributed by atoms with Crippen molar-refractivity contribution in [2.24, 2.45) is 11.3 Å². The van der Waals surface area contributed by atoms with Crippen molar-refractivity contribution in [3.63, 3.8) is 0 Å². The summed E-state index contributed by atoms with van der Waals surface area (Å²) in [6.45, 7) is 3.75. The summed E-state index contributed by atoms with van der Waals surface area (Å²) in [6, 6.07) is 9.82. The maximum absolute atomic E-state index is 12.4. The van der Waals surface area contributed by atoms with Crippen molar-refractivity contribution in [2.75, 3.05) is 6.54 Å². The van der Waals surface area contributed by atoms with E-state index in [0.717, 1.165) is 18.4 Å². The Morgan fingerprint density at radius 3 is 2.43 bits per heavy atom. The molecule has 1 unspecified atom stereocenters. The Hall–Kier alpha value is -1.84. The second-order valence-electron chi connectivity index (χ2n) is 6.46. The molecule has 1 amide bonds. The van der Waals surface area contributed by atoms with Crippen molar-refractivity contribution in [1.82, 2.24) is 5.32 Å². The average molecular weight is 289 g/mol. The van der Waals surface area contributed by atoms with Crippen LogP contribution in [-0.2, 0) is 9.59 Å². The van der Waals surface area contributed by atoms with E-state index in [9.17, 15) is 9.59 Å². The second kappa shape index (κ2) is 6.29. The zero-order valence-electron chi connectivity index (χ0n) is 12.6. The number of nitrogens with one attached hydrogen (secondary N) is 1. The predicted octanol–water partition coefficient (Wildman–Crippen LogP) is 2.80. The van der Waals surface area contributed by atoms with Gasteiger partial charge in [0.1, 0.15) is 0 Å². The Labute approximate surface area is 125 Å². The lowest BCUT2D eigenvalue weighted by molar-refractivity contribution is -0.147. The van der Waals surface area contributed by atoms with E-state index in [1.54, 1.807) is 13.8 Å². The molecule has 21 heavy (non-hydrogen) atoms. The summed E-state index contributed by atoms with van der Waals surface area (Å²) in [5.41, 5.74) is 0.241. The fraction of sp³-hybridized carbons (Fsp3) is 0.529. The normalized spacial score (nSPS) is 16.3. The van der Waals surface area contributed by atoms with Crippen LogP contribution in [-0.4, -0.2) is 23.5 Å². The van der Waals surface area contributed by atoms with Crippen LogP contribution in [0.3, 0.4) is 0 Å². The van der Waals surface area contributed by atoms with Crippen molar-refractivity contribution < 1.29 is 14.7 Å². The van der Waals surface area contributed by atoms with Crippen LogP contribution in [0.4, 0.5) is 0 Å². The van der Waals surface area contributed by atoms with Gasteiger partial charge in [0.05, 0.1) is 11.3 Å². The molecule has 0 aliphatic heterocycles. The molecule has 0 heterocycles. The van der Waals surface area contributed by atoms with Crippen molar-refractivity contribution in [2.45, 2.75) is 39.0 Å². The van der Waals surface area contributed by atoms with E-state index in [4.69, 9.17) is 5.11 Å². The van der Waals surface area contributed by atoms with Crippen LogP contribution in [0.1, 0.15) is 44.6 Å². The van der Waals surface area contributed by atoms with Gasteiger partial charge < -0.3 is 10.4 Å². The van der Waals surface area contributed by atoms with Gasteiger partial charge >= 0.3 is 5.97 Å². The van der Waals surface area contributed by atoms with E-state index in [-0.39, 0.29) is 11.8 Å². The van der Waals surface area contributed by atoms with E-state index in [2.05, 4.69) is 5.32 Å². The van der Waals surface area contributed by atoms with Crippen LogP contribution < -0.4 is 5.32 Å². The van der Waals surface area contributed by atoms with Crippen molar-refractivity contribution in [1.29, 1.82) is 0 Å². The monoisotopic (exact) mass is 289 g/mol. The fourth-order valence-electron chi connectivity index (χ4n) is 2.44. The highest BCUT2D eigenvalue weighted by molar-refractivity contribution is 5.84. The largest absolute Gasteiger partial charge is 0.481 e. The molecule has 1 aliphatic carbocycles. The first-order chi connectivity index (χ1) is 9.92. The molecule has 0 radical (unpaired) electrons. The number of hydrogen-bond acceptors (Lipinski definition) is 2. The molecule has 0 saturated heterocycles. The number of carboxylic acids is 1. The number of hydrogen-bond donors (Lipinski definition) is 2. The third-order valence-corrected chi connectivity index (χ3v) is 4.16. The van der Waals surface area contributed by atoms with Gasteiger partial charge in [0.15, 0.2) is 0 Å². The summed E-state index contributed by atoms with van der Waals surface area (Å²) in [5.74, 6) is -0.484. The van der Waals surface area contributed by atoms with Gasteiger partial charge in [0, 0.05) is 6.54 Å². The third-order valence-electron chi connectivity index (χ3n) is 4.16. The minimum atomic E-state index is -0.835. The lowest BCUT2D eigenvalue weighted by Gasteiger charge is -2.21. The quantitative estimate of drug-likeness (QED) is 0.811. The predicted molar refractivity (Wildman–Crippen MR) is 81.0 cm³/mol. The van der Waals surface area contributed by atoms with E-state index in [1.165, 1.54) is 0 Å². The molecule has 1 aliphatic rings. The lowest BCUT2D eigenvalue weighted by Crippen LogP contribution is -2.35. The van der Waals surface area contributed by atoms with Crippen LogP contribution in [0.5, 0.6) is 0 Å². The Kier molecular flexibility index (Phi) is 4.66. The lowest BCUT2D eigenvalue weighted by atomic mass is 9.89. The molecule has 1 aromatic carbocycles. The van der Waals surface area contributed by atoms with Crippen molar-refractivity contribution in [3.05, 3.63) is 35.9 Å². The van der Waals surface area contributed by atoms with Gasteiger partial charge in [-0.2, -0.15) is 0 Å². The van der Waals surface area contributed by atoms with Gasteiger partial charge in [-0.1, -0.05) is 30.3 Å². The average Bonchev–Trinajstić information content (AvgIpc) is 3.24. The van der Waals surface area contributed by atoms with Gasteiger partial charge in [-0.3, -0.25) is 9.59 Å². The number of carboxylic acid groups (broad SMARTS) is 1. The van der Waals surface area contributed by atoms with Gasteiger partial charge in [-0.25, -0.2) is 0 Å². The summed E-state index contributed by atoms with van der Waals surface area (Å²) in [4.78, 5) is 23.5. The first-order valence-electron chi connectivity index (χ1n) is 7.48. The molecular weight excluding hydrogens is 266 g/mol. The smallest absolute Gasteiger partial charge is 0.309 e. The van der Waals surface area contributed by atoms with E-state index >= 15 is 0 Å². The number of carbonyl (C=O) groups is 2. The van der Waals surface area contributed by atoms with Crippen molar-refractivity contribution >= 4 is 11.9 Å². The molecular formula is C17H23NO3. The fourth-order valence-corrected chi connectivity index (χ4v) is 2.44. The van der Waals surface area contributed by atoms with Crippen LogP contribution >= 0.6 is 0 Å². The highest BCUT2D eigenvalue weighted by Gasteiger charge is 2.37. The number of rotatable bonds is 7. The van der Waals surface area contributed by atoms with Crippen LogP contribution in [0, 0.1) is 11.3 Å². The first kappa shape index (κ1) is 15.5. The minimum Gasteiger partial charge on any atom is -0.481 e. The van der Waals surface area contributed by atoms with Gasteiger partial charge in [0.2, 0.25) is 5.91 Å². The molecule has 114 valence electrons. The van der Waals surface area contributed by atoms with Gasteiger partial charge in [0.25, 0.3) is 0 Å². The molecule has 0 spiro atoms. The summed E-state index contributed by atoms with van der Waals surface area (Å²) >= 11 is 0. The Balaban J connectivity index is 1.93. The Bertz CT molecular complexity index is 506. The van der Waals surface area contributed by atoms with E-state index in [1.807, 2.05) is 30.3 Å². The maximum Gasteiger partial charge on any atom is 0.309 e. The number of aliphatic carboxylic acids is 1. The van der Waals surface area contributed by atoms with Crippen LogP contribution in [0.15, 0.2) is 30.3 Å². The summed E-state index contributed by atoms with van der Waals surface area (Å²) < 4.78 is 0. The van der Waals surface area contributed by atoms with Gasteiger partial charge in [-0.05, 0) is 44.6 Å². The molecule has 1 fully saturated rings. The molecule has 1 atom stereocenters. The molecule has 1 aromatic rings. The molecule has 2 N–H and O–H groups in total. The van der Waals surface area contributed by atoms with Crippen LogP contribution in [0.2, 0.25) is 0 Å². The first-order valence-corrected chi connectivity index (χ1v) is 7.48. The standard InChI is InChI=1S/C17H23NO3/c1-17(2,16(20)21)10-11-18-15(19)14(13-8-9-13)12-6-4-3-5-7-12/h3-7,13-14H,8-11H2,1-2H3,(H,18,19)(H,20,21). The molecule has 0 aromatic heterocycles. The second-order valence-corrected chi connectivity index (χ2v) is 6.46. The van der Waals surface area contributed by atoms with Crippen LogP contribution in [0.25, 0.3) is 0 Å². The minimum absolute atomic E-state index is 0.0184. The highest BCUT2D eigenvalue weighted by atomic mass is 16.4. The Morgan fingerprint density at radius 2 is 1.90 bits per heavy atom. The molecule has 4 heteroatoms. The molecule has 2 rings (SSSR count). The van der Waals surface area contributed by atoms with E-state index < -0.39 is 11.4 Å². The topological polar surface area (TPSA) is 66.4 Å². The third kappa shape index (κ3) is 4.06. The Morgan fingerprint density at radius 1 is 1.29 bits per heavy atom. The zero-order chi connectivity index (χ0) is 15.5. The van der Waals surface area contributed by atoms with E-state index in [0.29, 0.717) is 18.9 Å². The molecule has 1 saturated carbocycles. The highest BCUT2D eigenvalue weighted by Crippen LogP contribution is 2.42. The SMILES string of the molecule is CC(C)(CCNC(=O)C(c1ccccc1)C1CC1)C(=O)O.